The fourth-order valence-electron chi connectivity index (χ4n) is 1.36. The largest absolute Gasteiger partial charge is 0.512 e. The number of rotatable bonds is 2. The highest BCUT2D eigenvalue weighted by Crippen LogP contribution is 2.19. The van der Waals surface area contributed by atoms with Gasteiger partial charge >= 0.3 is 0 Å². The van der Waals surface area contributed by atoms with Gasteiger partial charge in [-0.3, -0.25) is 4.68 Å². The van der Waals surface area contributed by atoms with Crippen LogP contribution in [-0.4, -0.2) is 30.2 Å². The maximum Gasteiger partial charge on any atom is 0.177 e. The quantitative estimate of drug-likeness (QED) is 0.742. The lowest BCUT2D eigenvalue weighted by Gasteiger charge is -2.02. The maximum absolute atomic E-state index is 9.31. The summed E-state index contributed by atoms with van der Waals surface area (Å²) in [6.45, 7) is 0. The molecule has 0 saturated carbocycles. The molecule has 0 amide bonds. The molecular formula is C10H10N4O2. The predicted molar refractivity (Wildman–Crippen MR) is 57.5 cm³/mol. The summed E-state index contributed by atoms with van der Waals surface area (Å²) in [6, 6.07) is 3.44. The van der Waals surface area contributed by atoms with Gasteiger partial charge in [-0.2, -0.15) is 10.2 Å². The highest BCUT2D eigenvalue weighted by Gasteiger charge is 2.07. The molecule has 2 aromatic rings. The number of hydrogen-bond acceptors (Lipinski definition) is 5. The van der Waals surface area contributed by atoms with E-state index in [1.807, 2.05) is 6.07 Å². The van der Waals surface area contributed by atoms with Crippen LogP contribution < -0.4 is 0 Å². The van der Waals surface area contributed by atoms with E-state index in [9.17, 15) is 5.11 Å². The van der Waals surface area contributed by atoms with Crippen LogP contribution >= 0.6 is 0 Å². The van der Waals surface area contributed by atoms with Gasteiger partial charge in [-0.15, -0.1) is 5.10 Å². The lowest BCUT2D eigenvalue weighted by molar-refractivity contribution is 0.429. The smallest absolute Gasteiger partial charge is 0.177 e. The first kappa shape index (κ1) is 10.2. The molecule has 2 heterocycles. The molecule has 0 bridgehead atoms. The third kappa shape index (κ3) is 1.72. The molecule has 0 unspecified atom stereocenters. The van der Waals surface area contributed by atoms with Crippen molar-refractivity contribution in [1.82, 2.24) is 20.0 Å². The van der Waals surface area contributed by atoms with Gasteiger partial charge in [-0.25, -0.2) is 0 Å². The number of aliphatic hydroxyl groups excluding tert-OH is 2. The Bertz CT molecular complexity index is 533. The van der Waals surface area contributed by atoms with Crippen molar-refractivity contribution in [2.24, 2.45) is 7.05 Å². The van der Waals surface area contributed by atoms with Crippen molar-refractivity contribution in [2.75, 3.05) is 0 Å². The SMILES string of the molecule is Cn1nccc1-c1cnnc(C(O)=CO)c1. The van der Waals surface area contributed by atoms with Gasteiger partial charge in [-0.05, 0) is 12.1 Å². The van der Waals surface area contributed by atoms with E-state index in [0.717, 1.165) is 11.3 Å². The summed E-state index contributed by atoms with van der Waals surface area (Å²) in [6.07, 6.45) is 3.80. The van der Waals surface area contributed by atoms with Gasteiger partial charge in [0.25, 0.3) is 0 Å². The minimum absolute atomic E-state index is 0.209. The summed E-state index contributed by atoms with van der Waals surface area (Å²) in [5.74, 6) is -0.323. The molecule has 6 nitrogen and oxygen atoms in total. The Balaban J connectivity index is 2.48. The van der Waals surface area contributed by atoms with Gasteiger partial charge in [-0.1, -0.05) is 0 Å². The second kappa shape index (κ2) is 4.01. The molecule has 0 aromatic carbocycles. The molecule has 0 spiro atoms. The summed E-state index contributed by atoms with van der Waals surface area (Å²) >= 11 is 0. The molecule has 6 heteroatoms. The van der Waals surface area contributed by atoms with Crippen LogP contribution in [0.3, 0.4) is 0 Å². The monoisotopic (exact) mass is 218 g/mol. The van der Waals surface area contributed by atoms with Gasteiger partial charge in [0, 0.05) is 18.8 Å². The summed E-state index contributed by atoms with van der Waals surface area (Å²) < 4.78 is 1.68. The second-order valence-corrected chi connectivity index (χ2v) is 3.18. The normalized spacial score (nSPS) is 11.7. The van der Waals surface area contributed by atoms with Crippen LogP contribution in [0.1, 0.15) is 5.69 Å². The number of nitrogens with zero attached hydrogens (tertiary/aromatic N) is 4. The fourth-order valence-corrected chi connectivity index (χ4v) is 1.36. The second-order valence-electron chi connectivity index (χ2n) is 3.18. The average molecular weight is 218 g/mol. The van der Waals surface area contributed by atoms with E-state index in [2.05, 4.69) is 15.3 Å². The van der Waals surface area contributed by atoms with E-state index in [0.29, 0.717) is 6.26 Å². The van der Waals surface area contributed by atoms with Gasteiger partial charge < -0.3 is 10.2 Å². The van der Waals surface area contributed by atoms with E-state index in [4.69, 9.17) is 5.11 Å². The molecule has 0 fully saturated rings. The third-order valence-electron chi connectivity index (χ3n) is 2.16. The summed E-state index contributed by atoms with van der Waals surface area (Å²) in [5, 5.41) is 29.4. The highest BCUT2D eigenvalue weighted by molar-refractivity contribution is 5.63. The number of aromatic nitrogens is 4. The number of hydrogen-bond donors (Lipinski definition) is 2. The summed E-state index contributed by atoms with van der Waals surface area (Å²) in [7, 11) is 1.80. The van der Waals surface area contributed by atoms with Gasteiger partial charge in [0.1, 0.15) is 12.0 Å². The van der Waals surface area contributed by atoms with Crippen molar-refractivity contribution in [1.29, 1.82) is 0 Å². The van der Waals surface area contributed by atoms with Crippen molar-refractivity contribution in [2.45, 2.75) is 0 Å². The van der Waals surface area contributed by atoms with Crippen LogP contribution in [0.2, 0.25) is 0 Å². The molecule has 0 saturated heterocycles. The van der Waals surface area contributed by atoms with Gasteiger partial charge in [0.2, 0.25) is 0 Å². The Morgan fingerprint density at radius 2 is 2.31 bits per heavy atom. The Kier molecular flexibility index (Phi) is 2.55. The van der Waals surface area contributed by atoms with Crippen molar-refractivity contribution < 1.29 is 10.2 Å². The lowest BCUT2D eigenvalue weighted by atomic mass is 10.2. The first-order chi connectivity index (χ1) is 7.72. The summed E-state index contributed by atoms with van der Waals surface area (Å²) in [4.78, 5) is 0. The molecule has 2 N–H and O–H groups in total. The topological polar surface area (TPSA) is 84.1 Å². The van der Waals surface area contributed by atoms with Crippen molar-refractivity contribution in [3.8, 4) is 11.3 Å². The Morgan fingerprint density at radius 1 is 1.50 bits per heavy atom. The van der Waals surface area contributed by atoms with Crippen LogP contribution in [0.4, 0.5) is 0 Å². The molecule has 0 aliphatic heterocycles. The zero-order chi connectivity index (χ0) is 11.5. The third-order valence-corrected chi connectivity index (χ3v) is 2.16. The standard InChI is InChI=1S/C10H10N4O2/c1-14-9(2-3-12-14)7-4-8(10(16)6-15)13-11-5-7/h2-6,15-16H,1H3. The molecule has 16 heavy (non-hydrogen) atoms. The number of aliphatic hydroxyl groups is 2. The highest BCUT2D eigenvalue weighted by atomic mass is 16.3. The van der Waals surface area contributed by atoms with Gasteiger partial charge in [0.05, 0.1) is 11.9 Å². The molecular weight excluding hydrogens is 208 g/mol. The molecule has 0 atom stereocenters. The molecule has 2 rings (SSSR count). The van der Waals surface area contributed by atoms with E-state index >= 15 is 0 Å². The Hall–Kier alpha value is -2.37. The van der Waals surface area contributed by atoms with Crippen molar-refractivity contribution >= 4 is 5.76 Å². The van der Waals surface area contributed by atoms with Crippen LogP contribution in [0.25, 0.3) is 17.0 Å². The van der Waals surface area contributed by atoms with E-state index in [1.165, 1.54) is 0 Å². The lowest BCUT2D eigenvalue weighted by Crippen LogP contribution is -1.97. The zero-order valence-corrected chi connectivity index (χ0v) is 8.57. The van der Waals surface area contributed by atoms with E-state index < -0.39 is 0 Å². The van der Waals surface area contributed by atoms with Crippen molar-refractivity contribution in [3.05, 3.63) is 36.5 Å². The fraction of sp³-hybridized carbons (Fsp3) is 0.100. The summed E-state index contributed by atoms with van der Waals surface area (Å²) in [5.41, 5.74) is 1.82. The maximum atomic E-state index is 9.31. The van der Waals surface area contributed by atoms with Crippen LogP contribution in [-0.2, 0) is 7.05 Å². The number of aryl methyl sites for hydroxylation is 1. The van der Waals surface area contributed by atoms with Gasteiger partial charge in [0.15, 0.2) is 5.76 Å². The zero-order valence-electron chi connectivity index (χ0n) is 8.57. The van der Waals surface area contributed by atoms with Crippen LogP contribution in [0, 0.1) is 0 Å². The molecule has 0 aliphatic rings. The first-order valence-corrected chi connectivity index (χ1v) is 4.57. The van der Waals surface area contributed by atoms with E-state index in [1.54, 1.807) is 30.2 Å². The Labute approximate surface area is 91.5 Å². The predicted octanol–water partition coefficient (Wildman–Crippen LogP) is 1.29. The van der Waals surface area contributed by atoms with Crippen LogP contribution in [0.5, 0.6) is 0 Å². The van der Waals surface area contributed by atoms with Crippen molar-refractivity contribution in [3.63, 3.8) is 0 Å². The first-order valence-electron chi connectivity index (χ1n) is 4.57. The molecule has 2 aromatic heterocycles. The molecule has 0 radical (unpaired) electrons. The van der Waals surface area contributed by atoms with Crippen LogP contribution in [0.15, 0.2) is 30.8 Å². The molecule has 82 valence electrons. The minimum Gasteiger partial charge on any atom is -0.512 e. The average Bonchev–Trinajstić information content (AvgIpc) is 2.74. The minimum atomic E-state index is -0.323. The Morgan fingerprint density at radius 3 is 2.94 bits per heavy atom. The van der Waals surface area contributed by atoms with E-state index in [-0.39, 0.29) is 11.5 Å². The molecule has 0 aliphatic carbocycles.